The summed E-state index contributed by atoms with van der Waals surface area (Å²) in [5.41, 5.74) is 8.25. The van der Waals surface area contributed by atoms with E-state index in [1.165, 1.54) is 0 Å². The van der Waals surface area contributed by atoms with Gasteiger partial charge in [0.2, 0.25) is 0 Å². The number of hydrogen-bond donors (Lipinski definition) is 3. The summed E-state index contributed by atoms with van der Waals surface area (Å²) >= 11 is 9.36. The Morgan fingerprint density at radius 3 is 2.21 bits per heavy atom. The van der Waals surface area contributed by atoms with E-state index in [1.807, 2.05) is 49.3 Å². The fourth-order valence-electron chi connectivity index (χ4n) is 2.72. The average Bonchev–Trinajstić information content (AvgIpc) is 2.90. The highest BCUT2D eigenvalue weighted by molar-refractivity contribution is 7.80. The number of amides is 2. The van der Waals surface area contributed by atoms with Crippen molar-refractivity contribution >= 4 is 58.2 Å². The maximum atomic E-state index is 11.9. The second-order valence-electron chi connectivity index (χ2n) is 7.44. The molecule has 0 bridgehead atoms. The number of nitrogens with two attached hydrogens (primary N) is 1. The predicted octanol–water partition coefficient (Wildman–Crippen LogP) is 4.96. The van der Waals surface area contributed by atoms with Gasteiger partial charge in [-0.3, -0.25) is 14.9 Å². The quantitative estimate of drug-likeness (QED) is 0.242. The highest BCUT2D eigenvalue weighted by atomic mass is 32.1. The number of benzene rings is 1. The third-order valence-electron chi connectivity index (χ3n) is 4.42. The van der Waals surface area contributed by atoms with Crippen molar-refractivity contribution in [2.45, 2.75) is 13.8 Å². The summed E-state index contributed by atoms with van der Waals surface area (Å²) < 4.78 is 0. The number of isothiocyanates is 1. The minimum atomic E-state index is -0.367. The van der Waals surface area contributed by atoms with Crippen LogP contribution in [0, 0.1) is 19.9 Å². The predicted molar refractivity (Wildman–Crippen MR) is 158 cm³/mol. The van der Waals surface area contributed by atoms with Gasteiger partial charge in [-0.1, -0.05) is 30.3 Å². The van der Waals surface area contributed by atoms with Crippen LogP contribution in [0.15, 0.2) is 102 Å². The first-order chi connectivity index (χ1) is 18.3. The van der Waals surface area contributed by atoms with Gasteiger partial charge in [-0.05, 0) is 74.7 Å². The van der Waals surface area contributed by atoms with Crippen molar-refractivity contribution in [2.24, 2.45) is 4.99 Å². The summed E-state index contributed by atoms with van der Waals surface area (Å²) in [7, 11) is 0. The van der Waals surface area contributed by atoms with Gasteiger partial charge < -0.3 is 11.1 Å². The molecule has 2 amide bonds. The van der Waals surface area contributed by atoms with Gasteiger partial charge in [0.25, 0.3) is 5.91 Å². The van der Waals surface area contributed by atoms with Crippen LogP contribution in [0.4, 0.5) is 11.6 Å². The lowest BCUT2D eigenvalue weighted by Gasteiger charge is -2.09. The Morgan fingerprint density at radius 2 is 1.66 bits per heavy atom. The number of allylic oxidation sites excluding steroid dienone is 4. The van der Waals surface area contributed by atoms with Gasteiger partial charge in [0.15, 0.2) is 10.7 Å². The van der Waals surface area contributed by atoms with Crippen LogP contribution in [0.1, 0.15) is 21.7 Å². The number of thiocarbonyl (C=S) groups is 2. The van der Waals surface area contributed by atoms with Crippen molar-refractivity contribution in [2.75, 3.05) is 11.1 Å². The topological polar surface area (TPSA) is 122 Å². The van der Waals surface area contributed by atoms with E-state index in [4.69, 9.17) is 18.0 Å². The Hall–Kier alpha value is -4.72. The number of carbonyl (C=O) groups excluding carboxylic acids is 2. The van der Waals surface area contributed by atoms with E-state index in [0.717, 1.165) is 11.4 Å². The molecule has 2 aromatic heterocycles. The molecule has 1 aromatic carbocycles. The van der Waals surface area contributed by atoms with E-state index in [1.54, 1.807) is 60.7 Å². The molecule has 0 spiro atoms. The summed E-state index contributed by atoms with van der Waals surface area (Å²) in [6.07, 6.45) is 9.33. The van der Waals surface area contributed by atoms with E-state index in [2.05, 4.69) is 43.9 Å². The Bertz CT molecular complexity index is 1390. The SMILES string of the molecule is Cc1cccc(N)n1.Cc1cccc(NC(=S)NC(=O)c2ccccc2)n1.O=C(N=C=S)C1=CC=[C+]C=C1. The lowest BCUT2D eigenvalue weighted by atomic mass is 10.1. The molecule has 0 fully saturated rings. The molecule has 4 rings (SSSR count). The first-order valence-corrected chi connectivity index (χ1v) is 12.0. The molecule has 10 heteroatoms. The molecule has 1 aliphatic rings. The number of aromatic nitrogens is 2. The molecule has 3 aromatic rings. The van der Waals surface area contributed by atoms with Gasteiger partial charge in [0.1, 0.15) is 23.8 Å². The number of rotatable bonds is 3. The fourth-order valence-corrected chi connectivity index (χ4v) is 3.00. The van der Waals surface area contributed by atoms with E-state index in [9.17, 15) is 9.59 Å². The number of aliphatic imine (C=N–C) groups is 1. The van der Waals surface area contributed by atoms with Gasteiger partial charge in [0.05, 0.1) is 17.3 Å². The minimum absolute atomic E-state index is 0.229. The lowest BCUT2D eigenvalue weighted by molar-refractivity contribution is -0.114. The Morgan fingerprint density at radius 1 is 0.974 bits per heavy atom. The van der Waals surface area contributed by atoms with Crippen LogP contribution < -0.4 is 16.4 Å². The molecule has 4 N–H and O–H groups in total. The van der Waals surface area contributed by atoms with Crippen molar-refractivity contribution in [3.8, 4) is 0 Å². The van der Waals surface area contributed by atoms with E-state index in [-0.39, 0.29) is 16.9 Å². The number of nitrogens with one attached hydrogen (secondary N) is 2. The van der Waals surface area contributed by atoms with E-state index in [0.29, 0.717) is 22.8 Å². The standard InChI is InChI=1S/C14H13N3OS.C8H4NOS.C6H8N2/c1-10-6-5-9-12(15-10)16-14(19)17-13(18)11-7-3-2-4-8-11;10-8(9-6-11)7-4-2-1-3-5-7;1-5-3-2-4-6(7)8-5/h2-9H,1H3,(H2,15,16,17,18,19);2-5H;2-4H,1H3,(H2,7,8)/q;+1;. The zero-order valence-corrected chi connectivity index (χ0v) is 22.3. The van der Waals surface area contributed by atoms with Crippen LogP contribution in [0.25, 0.3) is 0 Å². The van der Waals surface area contributed by atoms with Crippen LogP contribution in [0.2, 0.25) is 0 Å². The minimum Gasteiger partial charge on any atom is -0.384 e. The fraction of sp³-hybridized carbons (Fsp3) is 0.0714. The smallest absolute Gasteiger partial charge is 0.312 e. The van der Waals surface area contributed by atoms with Crippen LogP contribution in [-0.4, -0.2) is 32.1 Å². The molecule has 8 nitrogen and oxygen atoms in total. The third-order valence-corrected chi connectivity index (χ3v) is 4.71. The number of carbonyl (C=O) groups is 2. The van der Waals surface area contributed by atoms with Crippen LogP contribution in [0.5, 0.6) is 0 Å². The zero-order chi connectivity index (χ0) is 27.8. The van der Waals surface area contributed by atoms with Gasteiger partial charge >= 0.3 is 5.91 Å². The number of anilines is 2. The second kappa shape index (κ2) is 16.1. The number of nitrogens with zero attached hydrogens (tertiary/aromatic N) is 3. The maximum absolute atomic E-state index is 11.9. The summed E-state index contributed by atoms with van der Waals surface area (Å²) in [5.74, 6) is 0.586. The molecule has 0 radical (unpaired) electrons. The Kier molecular flexibility index (Phi) is 12.5. The molecule has 0 unspecified atom stereocenters. The highest BCUT2D eigenvalue weighted by Crippen LogP contribution is 2.05. The monoisotopic (exact) mass is 541 g/mol. The van der Waals surface area contributed by atoms with Crippen LogP contribution >= 0.6 is 24.4 Å². The van der Waals surface area contributed by atoms with Crippen molar-refractivity contribution < 1.29 is 9.59 Å². The summed E-state index contributed by atoms with van der Waals surface area (Å²) in [4.78, 5) is 34.3. The van der Waals surface area contributed by atoms with Crippen molar-refractivity contribution in [1.29, 1.82) is 0 Å². The van der Waals surface area contributed by atoms with Crippen molar-refractivity contribution in [3.05, 3.63) is 120 Å². The molecule has 0 aliphatic heterocycles. The maximum Gasteiger partial charge on any atom is 0.312 e. The first kappa shape index (κ1) is 29.5. The number of hydrogen-bond acceptors (Lipinski definition) is 7. The van der Waals surface area contributed by atoms with Gasteiger partial charge in [-0.25, -0.2) is 9.97 Å². The summed E-state index contributed by atoms with van der Waals surface area (Å²) in [6.45, 7) is 3.80. The van der Waals surface area contributed by atoms with Crippen molar-refractivity contribution in [1.82, 2.24) is 15.3 Å². The molecule has 0 saturated heterocycles. The van der Waals surface area contributed by atoms with Gasteiger partial charge in [-0.15, -0.1) is 0 Å². The van der Waals surface area contributed by atoms with Crippen molar-refractivity contribution in [3.63, 3.8) is 0 Å². The molecule has 38 heavy (non-hydrogen) atoms. The number of pyridine rings is 2. The largest absolute Gasteiger partial charge is 0.384 e. The lowest BCUT2D eigenvalue weighted by Crippen LogP contribution is -2.34. The Balaban J connectivity index is 0.000000224. The number of aryl methyl sites for hydroxylation is 2. The molecular formula is C28H25N6O2S2+. The van der Waals surface area contributed by atoms with E-state index >= 15 is 0 Å². The van der Waals surface area contributed by atoms with Crippen LogP contribution in [0.3, 0.4) is 0 Å². The molecule has 2 heterocycles. The van der Waals surface area contributed by atoms with Gasteiger partial charge in [-0.2, -0.15) is 4.99 Å². The normalized spacial score (nSPS) is 10.5. The van der Waals surface area contributed by atoms with Crippen LogP contribution in [-0.2, 0) is 4.79 Å². The first-order valence-electron chi connectivity index (χ1n) is 11.2. The molecule has 0 atom stereocenters. The highest BCUT2D eigenvalue weighted by Gasteiger charge is 2.10. The second-order valence-corrected chi connectivity index (χ2v) is 8.03. The summed E-state index contributed by atoms with van der Waals surface area (Å²) in [5, 5.41) is 7.72. The molecule has 1 aliphatic carbocycles. The summed E-state index contributed by atoms with van der Waals surface area (Å²) in [6, 6.07) is 20.0. The molecule has 0 saturated carbocycles. The Labute approximate surface area is 232 Å². The number of nitrogen functional groups attached to an aromatic ring is 1. The van der Waals surface area contributed by atoms with Gasteiger partial charge in [0, 0.05) is 23.0 Å². The molecular weight excluding hydrogens is 516 g/mol. The third kappa shape index (κ3) is 11.3. The average molecular weight is 542 g/mol. The molecule has 190 valence electrons. The zero-order valence-electron chi connectivity index (χ0n) is 20.7. The van der Waals surface area contributed by atoms with E-state index < -0.39 is 0 Å².